The lowest BCUT2D eigenvalue weighted by atomic mass is 10.3. The first-order valence-corrected chi connectivity index (χ1v) is 4.15. The van der Waals surface area contributed by atoms with E-state index in [1.807, 2.05) is 6.92 Å². The number of methoxy groups -OCH3 is 1. The lowest BCUT2D eigenvalue weighted by Crippen LogP contribution is -2.35. The fourth-order valence-corrected chi connectivity index (χ4v) is 0.782. The lowest BCUT2D eigenvalue weighted by molar-refractivity contribution is -0.138. The molecule has 0 bridgehead atoms. The van der Waals surface area contributed by atoms with Crippen molar-refractivity contribution >= 4 is 5.91 Å². The molecule has 1 amide bonds. The van der Waals surface area contributed by atoms with Crippen molar-refractivity contribution in [1.29, 1.82) is 0 Å². The highest BCUT2D eigenvalue weighted by Gasteiger charge is 2.12. The third-order valence-electron chi connectivity index (χ3n) is 1.39. The highest BCUT2D eigenvalue weighted by molar-refractivity contribution is 5.91. The Morgan fingerprint density at radius 1 is 1.46 bits per heavy atom. The van der Waals surface area contributed by atoms with Crippen LogP contribution >= 0.6 is 0 Å². The van der Waals surface area contributed by atoms with Gasteiger partial charge in [-0.3, -0.25) is 9.69 Å². The van der Waals surface area contributed by atoms with Gasteiger partial charge in [0, 0.05) is 19.3 Å². The molecule has 0 spiro atoms. The van der Waals surface area contributed by atoms with Gasteiger partial charge in [-0.05, 0) is 13.8 Å². The van der Waals surface area contributed by atoms with Crippen molar-refractivity contribution in [2.24, 2.45) is 0 Å². The first-order chi connectivity index (χ1) is 6.13. The van der Waals surface area contributed by atoms with Crippen LogP contribution in [0.3, 0.4) is 0 Å². The molecule has 0 N–H and O–H groups in total. The molecular weight excluding hydrogens is 170 g/mol. The molecule has 0 aromatic rings. The third-order valence-corrected chi connectivity index (χ3v) is 1.39. The number of rotatable bonds is 6. The zero-order valence-electron chi connectivity index (χ0n) is 8.50. The molecule has 0 aromatic carbocycles. The average Bonchev–Trinajstić information content (AvgIpc) is 2.11. The van der Waals surface area contributed by atoms with Crippen LogP contribution in [0.4, 0.5) is 0 Å². The predicted molar refractivity (Wildman–Crippen MR) is 50.0 cm³/mol. The number of carbonyl (C=O) groups excluding carboxylic acids is 1. The van der Waals surface area contributed by atoms with Crippen LogP contribution in [-0.4, -0.2) is 38.0 Å². The number of ether oxygens (including phenoxy) is 2. The minimum absolute atomic E-state index is 0.143. The van der Waals surface area contributed by atoms with Gasteiger partial charge in [-0.25, -0.2) is 0 Å². The van der Waals surface area contributed by atoms with E-state index in [1.54, 1.807) is 6.92 Å². The maximum atomic E-state index is 11.4. The van der Waals surface area contributed by atoms with E-state index in [9.17, 15) is 4.79 Å². The van der Waals surface area contributed by atoms with E-state index in [-0.39, 0.29) is 19.4 Å². The van der Waals surface area contributed by atoms with Crippen molar-refractivity contribution in [3.05, 3.63) is 12.2 Å². The molecular formula is C9H17NO3. The van der Waals surface area contributed by atoms with Crippen LogP contribution < -0.4 is 0 Å². The van der Waals surface area contributed by atoms with Gasteiger partial charge in [-0.2, -0.15) is 0 Å². The molecule has 0 aliphatic heterocycles. The van der Waals surface area contributed by atoms with Crippen molar-refractivity contribution in [3.8, 4) is 0 Å². The van der Waals surface area contributed by atoms with Gasteiger partial charge in [-0.15, -0.1) is 0 Å². The topological polar surface area (TPSA) is 38.8 Å². The molecule has 0 saturated carbocycles. The smallest absolute Gasteiger partial charge is 0.252 e. The molecule has 0 saturated heterocycles. The van der Waals surface area contributed by atoms with Gasteiger partial charge < -0.3 is 9.47 Å². The van der Waals surface area contributed by atoms with Gasteiger partial charge in [0.15, 0.2) is 0 Å². The van der Waals surface area contributed by atoms with Gasteiger partial charge >= 0.3 is 0 Å². The van der Waals surface area contributed by atoms with E-state index in [1.165, 1.54) is 12.0 Å². The molecule has 0 aromatic heterocycles. The Kier molecular flexibility index (Phi) is 6.18. The van der Waals surface area contributed by atoms with Crippen LogP contribution in [0.5, 0.6) is 0 Å². The largest absolute Gasteiger partial charge is 0.364 e. The van der Waals surface area contributed by atoms with E-state index in [0.29, 0.717) is 12.2 Å². The van der Waals surface area contributed by atoms with Gasteiger partial charge in [0.25, 0.3) is 5.91 Å². The van der Waals surface area contributed by atoms with Crippen molar-refractivity contribution in [2.75, 3.05) is 27.2 Å². The van der Waals surface area contributed by atoms with Crippen molar-refractivity contribution in [3.63, 3.8) is 0 Å². The molecule has 76 valence electrons. The Labute approximate surface area is 79.1 Å². The highest BCUT2D eigenvalue weighted by atomic mass is 16.5. The predicted octanol–water partition coefficient (Wildman–Crippen LogP) is 0.989. The average molecular weight is 187 g/mol. The summed E-state index contributed by atoms with van der Waals surface area (Å²) in [6, 6.07) is 0. The highest BCUT2D eigenvalue weighted by Crippen LogP contribution is 1.98. The maximum absolute atomic E-state index is 11.4. The van der Waals surface area contributed by atoms with E-state index in [0.717, 1.165) is 0 Å². The van der Waals surface area contributed by atoms with Crippen LogP contribution in [0, 0.1) is 0 Å². The second-order valence-electron chi connectivity index (χ2n) is 2.66. The Balaban J connectivity index is 4.06. The summed E-state index contributed by atoms with van der Waals surface area (Å²) in [6.45, 7) is 8.15. The first kappa shape index (κ1) is 12.1. The van der Waals surface area contributed by atoms with Crippen LogP contribution in [0.15, 0.2) is 12.2 Å². The third kappa shape index (κ3) is 4.65. The van der Waals surface area contributed by atoms with E-state index >= 15 is 0 Å². The van der Waals surface area contributed by atoms with Crippen LogP contribution in [0.25, 0.3) is 0 Å². The zero-order valence-corrected chi connectivity index (χ0v) is 8.50. The minimum atomic E-state index is -0.143. The summed E-state index contributed by atoms with van der Waals surface area (Å²) in [5.74, 6) is -0.143. The summed E-state index contributed by atoms with van der Waals surface area (Å²) in [6.07, 6.45) is 0. The van der Waals surface area contributed by atoms with Crippen LogP contribution in [-0.2, 0) is 14.3 Å². The number of hydrogen-bond donors (Lipinski definition) is 0. The van der Waals surface area contributed by atoms with Gasteiger partial charge in [0.2, 0.25) is 0 Å². The van der Waals surface area contributed by atoms with Gasteiger partial charge in [0.1, 0.15) is 13.5 Å². The molecule has 0 fully saturated rings. The fourth-order valence-electron chi connectivity index (χ4n) is 0.782. The second-order valence-corrected chi connectivity index (χ2v) is 2.66. The Morgan fingerprint density at radius 2 is 2.08 bits per heavy atom. The van der Waals surface area contributed by atoms with Crippen molar-refractivity contribution in [2.45, 2.75) is 13.8 Å². The fraction of sp³-hybridized carbons (Fsp3) is 0.667. The summed E-state index contributed by atoms with van der Waals surface area (Å²) >= 11 is 0. The molecule has 0 aliphatic carbocycles. The Bertz CT molecular complexity index is 180. The lowest BCUT2D eigenvalue weighted by Gasteiger charge is -2.20. The first-order valence-electron chi connectivity index (χ1n) is 4.15. The molecule has 4 heteroatoms. The Hall–Kier alpha value is -0.870. The molecule has 0 aliphatic rings. The Morgan fingerprint density at radius 3 is 2.46 bits per heavy atom. The van der Waals surface area contributed by atoms with E-state index in [4.69, 9.17) is 9.47 Å². The quantitative estimate of drug-likeness (QED) is 0.460. The normalized spacial score (nSPS) is 9.77. The minimum Gasteiger partial charge on any atom is -0.364 e. The molecule has 0 unspecified atom stereocenters. The van der Waals surface area contributed by atoms with Crippen molar-refractivity contribution in [1.82, 2.24) is 4.90 Å². The monoisotopic (exact) mass is 187 g/mol. The molecule has 13 heavy (non-hydrogen) atoms. The number of carbonyl (C=O) groups is 1. The zero-order chi connectivity index (χ0) is 10.3. The summed E-state index contributed by atoms with van der Waals surface area (Å²) in [4.78, 5) is 12.9. The summed E-state index contributed by atoms with van der Waals surface area (Å²) in [5.41, 5.74) is 0.483. The number of hydrogen-bond acceptors (Lipinski definition) is 3. The molecule has 0 atom stereocenters. The maximum Gasteiger partial charge on any atom is 0.252 e. The molecule has 0 heterocycles. The summed E-state index contributed by atoms with van der Waals surface area (Å²) in [5, 5.41) is 0. The van der Waals surface area contributed by atoms with Crippen LogP contribution in [0.1, 0.15) is 13.8 Å². The SMILES string of the molecule is C=C(C)C(=O)N(COC)COCC. The van der Waals surface area contributed by atoms with E-state index in [2.05, 4.69) is 6.58 Å². The summed E-state index contributed by atoms with van der Waals surface area (Å²) < 4.78 is 9.96. The van der Waals surface area contributed by atoms with E-state index < -0.39 is 0 Å². The molecule has 4 nitrogen and oxygen atoms in total. The summed E-state index contributed by atoms with van der Waals surface area (Å²) in [7, 11) is 1.53. The van der Waals surface area contributed by atoms with Crippen molar-refractivity contribution < 1.29 is 14.3 Å². The number of nitrogens with zero attached hydrogens (tertiary/aromatic N) is 1. The van der Waals surface area contributed by atoms with Gasteiger partial charge in [0.05, 0.1) is 0 Å². The number of amides is 1. The van der Waals surface area contributed by atoms with Gasteiger partial charge in [-0.1, -0.05) is 6.58 Å². The van der Waals surface area contributed by atoms with Crippen LogP contribution in [0.2, 0.25) is 0 Å². The standard InChI is InChI=1S/C9H17NO3/c1-5-13-7-10(6-12-4)9(11)8(2)3/h2,5-7H2,1,3-4H3. The second kappa shape index (κ2) is 6.62. The molecule has 0 rings (SSSR count). The molecule has 0 radical (unpaired) electrons.